The summed E-state index contributed by atoms with van der Waals surface area (Å²) in [6, 6.07) is 15.5. The average Bonchev–Trinajstić information content (AvgIpc) is 3.08. The minimum absolute atomic E-state index is 0.247. The number of phenols is 1. The number of hydrogen-bond donors (Lipinski definition) is 2. The zero-order valence-electron chi connectivity index (χ0n) is 14.7. The summed E-state index contributed by atoms with van der Waals surface area (Å²) in [7, 11) is 0. The van der Waals surface area contributed by atoms with Gasteiger partial charge in [-0.25, -0.2) is 9.97 Å². The zero-order chi connectivity index (χ0) is 18.1. The summed E-state index contributed by atoms with van der Waals surface area (Å²) in [5.41, 5.74) is 4.96. The van der Waals surface area contributed by atoms with Gasteiger partial charge in [0.2, 0.25) is 0 Å². The zero-order valence-corrected chi connectivity index (χ0v) is 14.7. The van der Waals surface area contributed by atoms with Crippen molar-refractivity contribution in [3.05, 3.63) is 72.7 Å². The van der Waals surface area contributed by atoms with Gasteiger partial charge in [-0.05, 0) is 47.9 Å². The Hall–Kier alpha value is -3.34. The third-order valence-electron chi connectivity index (χ3n) is 4.43. The maximum absolute atomic E-state index is 9.49. The molecular formula is C21H20N4O. The molecule has 5 heteroatoms. The van der Waals surface area contributed by atoms with E-state index in [1.807, 2.05) is 28.9 Å². The highest BCUT2D eigenvalue weighted by molar-refractivity contribution is 5.74. The fourth-order valence-corrected chi connectivity index (χ4v) is 2.94. The molecule has 0 fully saturated rings. The van der Waals surface area contributed by atoms with Gasteiger partial charge in [-0.2, -0.15) is 0 Å². The Morgan fingerprint density at radius 2 is 1.69 bits per heavy atom. The number of anilines is 2. The highest BCUT2D eigenvalue weighted by Crippen LogP contribution is 2.26. The minimum atomic E-state index is 0.247. The van der Waals surface area contributed by atoms with Crippen molar-refractivity contribution in [2.24, 2.45) is 0 Å². The third kappa shape index (κ3) is 2.99. The standard InChI is InChI=1S/C21H20N4O/c1-14(2)15-3-7-17(8-4-15)24-20-21-23-13-19(25(21)12-11-22-20)16-5-9-18(26)10-6-16/h3-14,26H,1-2H3,(H,22,24). The molecule has 0 aliphatic rings. The largest absolute Gasteiger partial charge is 0.508 e. The fraction of sp³-hybridized carbons (Fsp3) is 0.143. The molecule has 0 aliphatic heterocycles. The van der Waals surface area contributed by atoms with Crippen LogP contribution in [-0.4, -0.2) is 19.5 Å². The second-order valence-corrected chi connectivity index (χ2v) is 6.56. The SMILES string of the molecule is CC(C)c1ccc(Nc2nccn3c(-c4ccc(O)cc4)cnc23)cc1. The third-order valence-corrected chi connectivity index (χ3v) is 4.43. The van der Waals surface area contributed by atoms with Gasteiger partial charge in [-0.3, -0.25) is 4.40 Å². The lowest BCUT2D eigenvalue weighted by atomic mass is 10.0. The predicted molar refractivity (Wildman–Crippen MR) is 104 cm³/mol. The Labute approximate surface area is 152 Å². The number of imidazole rings is 1. The predicted octanol–water partition coefficient (Wildman–Crippen LogP) is 4.97. The van der Waals surface area contributed by atoms with Crippen LogP contribution in [0.1, 0.15) is 25.3 Å². The molecule has 0 amide bonds. The molecule has 0 saturated carbocycles. The Balaban J connectivity index is 1.69. The number of aromatic hydroxyl groups is 1. The molecule has 26 heavy (non-hydrogen) atoms. The van der Waals surface area contributed by atoms with Crippen LogP contribution in [0.3, 0.4) is 0 Å². The highest BCUT2D eigenvalue weighted by atomic mass is 16.3. The second kappa shape index (κ2) is 6.52. The lowest BCUT2D eigenvalue weighted by Gasteiger charge is -2.10. The first-order valence-electron chi connectivity index (χ1n) is 8.60. The van der Waals surface area contributed by atoms with Crippen molar-refractivity contribution in [1.82, 2.24) is 14.4 Å². The fourth-order valence-electron chi connectivity index (χ4n) is 2.94. The minimum Gasteiger partial charge on any atom is -0.508 e. The molecule has 2 N–H and O–H groups in total. The number of phenolic OH excluding ortho intramolecular Hbond substituents is 1. The van der Waals surface area contributed by atoms with Gasteiger partial charge in [0.1, 0.15) is 5.75 Å². The molecule has 2 aromatic carbocycles. The molecular weight excluding hydrogens is 324 g/mol. The van der Waals surface area contributed by atoms with Crippen molar-refractivity contribution in [2.45, 2.75) is 19.8 Å². The number of benzene rings is 2. The van der Waals surface area contributed by atoms with Crippen molar-refractivity contribution in [3.8, 4) is 17.0 Å². The molecule has 0 aliphatic carbocycles. The van der Waals surface area contributed by atoms with E-state index < -0.39 is 0 Å². The summed E-state index contributed by atoms with van der Waals surface area (Å²) in [4.78, 5) is 8.98. The van der Waals surface area contributed by atoms with E-state index >= 15 is 0 Å². The maximum Gasteiger partial charge on any atom is 0.180 e. The maximum atomic E-state index is 9.49. The van der Waals surface area contributed by atoms with E-state index in [9.17, 15) is 5.11 Å². The number of aromatic nitrogens is 3. The molecule has 4 aromatic rings. The molecule has 0 unspecified atom stereocenters. The topological polar surface area (TPSA) is 62.5 Å². The van der Waals surface area contributed by atoms with Gasteiger partial charge in [0.15, 0.2) is 11.5 Å². The Morgan fingerprint density at radius 1 is 0.962 bits per heavy atom. The van der Waals surface area contributed by atoms with Crippen LogP contribution in [0.4, 0.5) is 11.5 Å². The number of rotatable bonds is 4. The second-order valence-electron chi connectivity index (χ2n) is 6.56. The molecule has 2 heterocycles. The molecule has 0 bridgehead atoms. The molecule has 130 valence electrons. The van der Waals surface area contributed by atoms with E-state index in [0.29, 0.717) is 11.7 Å². The van der Waals surface area contributed by atoms with Crippen LogP contribution in [0.5, 0.6) is 5.75 Å². The van der Waals surface area contributed by atoms with E-state index in [4.69, 9.17) is 0 Å². The number of nitrogens with zero attached hydrogens (tertiary/aromatic N) is 3. The lowest BCUT2D eigenvalue weighted by Crippen LogP contribution is -1.99. The smallest absolute Gasteiger partial charge is 0.180 e. The summed E-state index contributed by atoms with van der Waals surface area (Å²) < 4.78 is 1.99. The summed E-state index contributed by atoms with van der Waals surface area (Å²) in [6.07, 6.45) is 5.46. The first-order chi connectivity index (χ1) is 12.6. The van der Waals surface area contributed by atoms with Crippen molar-refractivity contribution < 1.29 is 5.11 Å². The van der Waals surface area contributed by atoms with E-state index in [2.05, 4.69) is 53.4 Å². The molecule has 0 saturated heterocycles. The Kier molecular flexibility index (Phi) is 4.05. The monoisotopic (exact) mass is 344 g/mol. The van der Waals surface area contributed by atoms with Crippen LogP contribution in [0, 0.1) is 0 Å². The van der Waals surface area contributed by atoms with E-state index in [0.717, 1.165) is 22.6 Å². The van der Waals surface area contributed by atoms with E-state index in [1.165, 1.54) is 5.56 Å². The number of nitrogens with one attached hydrogen (secondary N) is 1. The molecule has 0 radical (unpaired) electrons. The van der Waals surface area contributed by atoms with Crippen LogP contribution in [-0.2, 0) is 0 Å². The van der Waals surface area contributed by atoms with Crippen LogP contribution in [0.15, 0.2) is 67.1 Å². The lowest BCUT2D eigenvalue weighted by molar-refractivity contribution is 0.475. The van der Waals surface area contributed by atoms with Gasteiger partial charge < -0.3 is 10.4 Å². The Bertz CT molecular complexity index is 1030. The summed E-state index contributed by atoms with van der Waals surface area (Å²) in [5, 5.41) is 12.8. The van der Waals surface area contributed by atoms with Gasteiger partial charge in [0.25, 0.3) is 0 Å². The molecule has 0 atom stereocenters. The first kappa shape index (κ1) is 16.1. The van der Waals surface area contributed by atoms with Crippen molar-refractivity contribution in [1.29, 1.82) is 0 Å². The van der Waals surface area contributed by atoms with Crippen LogP contribution >= 0.6 is 0 Å². The van der Waals surface area contributed by atoms with Gasteiger partial charge in [-0.1, -0.05) is 26.0 Å². The summed E-state index contributed by atoms with van der Waals surface area (Å²) >= 11 is 0. The molecule has 4 rings (SSSR count). The van der Waals surface area contributed by atoms with E-state index in [-0.39, 0.29) is 5.75 Å². The Morgan fingerprint density at radius 3 is 2.38 bits per heavy atom. The van der Waals surface area contributed by atoms with E-state index in [1.54, 1.807) is 18.3 Å². The molecule has 2 aromatic heterocycles. The highest BCUT2D eigenvalue weighted by Gasteiger charge is 2.11. The average molecular weight is 344 g/mol. The summed E-state index contributed by atoms with van der Waals surface area (Å²) in [5.74, 6) is 1.46. The van der Waals surface area contributed by atoms with Crippen molar-refractivity contribution >= 4 is 17.2 Å². The van der Waals surface area contributed by atoms with Crippen LogP contribution in [0.25, 0.3) is 16.9 Å². The van der Waals surface area contributed by atoms with Crippen LogP contribution < -0.4 is 5.32 Å². The van der Waals surface area contributed by atoms with Gasteiger partial charge in [0, 0.05) is 23.6 Å². The van der Waals surface area contributed by atoms with Crippen LogP contribution in [0.2, 0.25) is 0 Å². The van der Waals surface area contributed by atoms with Crippen molar-refractivity contribution in [2.75, 3.05) is 5.32 Å². The molecule has 0 spiro atoms. The quantitative estimate of drug-likeness (QED) is 0.549. The normalized spacial score (nSPS) is 11.2. The van der Waals surface area contributed by atoms with Gasteiger partial charge >= 0.3 is 0 Å². The number of fused-ring (bicyclic) bond motifs is 1. The van der Waals surface area contributed by atoms with Gasteiger partial charge in [0.05, 0.1) is 11.9 Å². The molecule has 5 nitrogen and oxygen atoms in total. The van der Waals surface area contributed by atoms with Gasteiger partial charge in [-0.15, -0.1) is 0 Å². The number of hydrogen-bond acceptors (Lipinski definition) is 4. The summed E-state index contributed by atoms with van der Waals surface area (Å²) in [6.45, 7) is 4.36. The first-order valence-corrected chi connectivity index (χ1v) is 8.60. The van der Waals surface area contributed by atoms with Crippen molar-refractivity contribution in [3.63, 3.8) is 0 Å².